The first-order chi connectivity index (χ1) is 6.90. The van der Waals surface area contributed by atoms with Gasteiger partial charge in [-0.25, -0.2) is 4.98 Å². The summed E-state index contributed by atoms with van der Waals surface area (Å²) in [7, 11) is 0. The summed E-state index contributed by atoms with van der Waals surface area (Å²) >= 11 is 3.13. The quantitative estimate of drug-likeness (QED) is 0.921. The van der Waals surface area contributed by atoms with Crippen molar-refractivity contribution in [2.45, 2.75) is 27.2 Å². The number of nitrogens with one attached hydrogen (secondary N) is 1. The molecule has 1 heterocycles. The predicted molar refractivity (Wildman–Crippen MR) is 62.1 cm³/mol. The minimum Gasteiger partial charge on any atom is -0.477 e. The number of ether oxygens (including phenoxy) is 1. The van der Waals surface area contributed by atoms with Gasteiger partial charge in [0.25, 0.3) is 5.56 Å². The van der Waals surface area contributed by atoms with Gasteiger partial charge in [-0.05, 0) is 27.8 Å². The molecule has 0 aromatic carbocycles. The Kier molecular flexibility index (Phi) is 3.90. The lowest BCUT2D eigenvalue weighted by Gasteiger charge is -2.17. The van der Waals surface area contributed by atoms with Gasteiger partial charge in [0.1, 0.15) is 4.47 Å². The highest BCUT2D eigenvalue weighted by Gasteiger charge is 2.12. The monoisotopic (exact) mass is 274 g/mol. The van der Waals surface area contributed by atoms with E-state index in [2.05, 4.69) is 46.7 Å². The van der Waals surface area contributed by atoms with E-state index in [4.69, 9.17) is 4.74 Å². The van der Waals surface area contributed by atoms with Crippen LogP contribution in [0.25, 0.3) is 0 Å². The second kappa shape index (κ2) is 4.79. The van der Waals surface area contributed by atoms with Gasteiger partial charge in [0.2, 0.25) is 5.88 Å². The molecular formula is C10H15BrN2O2. The largest absolute Gasteiger partial charge is 0.477 e. The Morgan fingerprint density at radius 3 is 2.80 bits per heavy atom. The molecule has 0 aliphatic heterocycles. The maximum atomic E-state index is 11.2. The van der Waals surface area contributed by atoms with Crippen LogP contribution in [-0.4, -0.2) is 16.6 Å². The van der Waals surface area contributed by atoms with Crippen LogP contribution in [0.15, 0.2) is 15.6 Å². The average Bonchev–Trinajstić information content (AvgIpc) is 2.10. The number of hydrogen-bond acceptors (Lipinski definition) is 3. The Labute approximate surface area is 97.2 Å². The fourth-order valence-corrected chi connectivity index (χ4v) is 1.25. The first-order valence-corrected chi connectivity index (χ1v) is 5.55. The zero-order valence-corrected chi connectivity index (χ0v) is 10.7. The maximum Gasteiger partial charge on any atom is 0.268 e. The topological polar surface area (TPSA) is 55.0 Å². The maximum absolute atomic E-state index is 11.2. The van der Waals surface area contributed by atoms with Crippen molar-refractivity contribution < 1.29 is 4.74 Å². The van der Waals surface area contributed by atoms with Crippen molar-refractivity contribution in [2.24, 2.45) is 5.41 Å². The molecule has 0 fully saturated rings. The average molecular weight is 275 g/mol. The van der Waals surface area contributed by atoms with Crippen LogP contribution in [0.4, 0.5) is 0 Å². The lowest BCUT2D eigenvalue weighted by Crippen LogP contribution is -2.14. The Bertz CT molecular complexity index is 382. The van der Waals surface area contributed by atoms with Crippen molar-refractivity contribution >= 4 is 15.9 Å². The molecule has 0 bridgehead atoms. The Morgan fingerprint density at radius 2 is 2.20 bits per heavy atom. The Balaban J connectivity index is 2.59. The number of H-pyrrole nitrogens is 1. The number of aromatic nitrogens is 2. The zero-order chi connectivity index (χ0) is 11.5. The zero-order valence-electron chi connectivity index (χ0n) is 9.13. The summed E-state index contributed by atoms with van der Waals surface area (Å²) in [4.78, 5) is 17.6. The van der Waals surface area contributed by atoms with Crippen LogP contribution in [0.3, 0.4) is 0 Å². The van der Waals surface area contributed by atoms with E-state index in [0.717, 1.165) is 6.42 Å². The summed E-state index contributed by atoms with van der Waals surface area (Å²) in [5, 5.41) is 0. The molecule has 1 aromatic rings. The summed E-state index contributed by atoms with van der Waals surface area (Å²) in [6.45, 7) is 6.96. The molecule has 15 heavy (non-hydrogen) atoms. The van der Waals surface area contributed by atoms with Gasteiger partial charge in [-0.3, -0.25) is 4.79 Å². The van der Waals surface area contributed by atoms with Crippen LogP contribution in [-0.2, 0) is 0 Å². The number of nitrogens with zero attached hydrogens (tertiary/aromatic N) is 1. The fraction of sp³-hybridized carbons (Fsp3) is 0.600. The van der Waals surface area contributed by atoms with Crippen molar-refractivity contribution in [3.05, 3.63) is 21.2 Å². The smallest absolute Gasteiger partial charge is 0.268 e. The molecule has 4 nitrogen and oxygen atoms in total. The lowest BCUT2D eigenvalue weighted by atomic mass is 9.93. The van der Waals surface area contributed by atoms with Crippen LogP contribution < -0.4 is 10.3 Å². The van der Waals surface area contributed by atoms with Crippen LogP contribution in [0.1, 0.15) is 27.2 Å². The second-order valence-corrected chi connectivity index (χ2v) is 5.30. The SMILES string of the molecule is CC(C)(C)CCOc1nc[nH]c(=O)c1Br. The van der Waals surface area contributed by atoms with E-state index < -0.39 is 0 Å². The van der Waals surface area contributed by atoms with Crippen LogP contribution in [0, 0.1) is 5.41 Å². The van der Waals surface area contributed by atoms with Gasteiger partial charge >= 0.3 is 0 Å². The number of rotatable bonds is 3. The van der Waals surface area contributed by atoms with Crippen molar-refractivity contribution in [3.63, 3.8) is 0 Å². The number of aromatic amines is 1. The molecule has 1 N–H and O–H groups in total. The van der Waals surface area contributed by atoms with Gasteiger partial charge < -0.3 is 9.72 Å². The van der Waals surface area contributed by atoms with Crippen molar-refractivity contribution in [3.8, 4) is 5.88 Å². The van der Waals surface area contributed by atoms with Crippen molar-refractivity contribution in [1.82, 2.24) is 9.97 Å². The first-order valence-electron chi connectivity index (χ1n) is 4.76. The van der Waals surface area contributed by atoms with Gasteiger partial charge in [-0.15, -0.1) is 0 Å². The molecule has 5 heteroatoms. The molecule has 0 aliphatic carbocycles. The van der Waals surface area contributed by atoms with E-state index in [1.165, 1.54) is 6.33 Å². The van der Waals surface area contributed by atoms with Crippen molar-refractivity contribution in [2.75, 3.05) is 6.61 Å². The summed E-state index contributed by atoms with van der Waals surface area (Å²) < 4.78 is 5.76. The summed E-state index contributed by atoms with van der Waals surface area (Å²) in [5.41, 5.74) is -0.0102. The molecule has 0 saturated heterocycles. The van der Waals surface area contributed by atoms with Crippen LogP contribution in [0.2, 0.25) is 0 Å². The standard InChI is InChI=1S/C10H15BrN2O2/c1-10(2,3)4-5-15-9-7(11)8(14)12-6-13-9/h6H,4-5H2,1-3H3,(H,12,13,14). The minimum absolute atomic E-state index is 0.216. The van der Waals surface area contributed by atoms with E-state index in [0.29, 0.717) is 17.0 Å². The lowest BCUT2D eigenvalue weighted by molar-refractivity contribution is 0.234. The second-order valence-electron chi connectivity index (χ2n) is 4.51. The number of hydrogen-bond donors (Lipinski definition) is 1. The fourth-order valence-electron chi connectivity index (χ4n) is 0.921. The predicted octanol–water partition coefficient (Wildman–Crippen LogP) is 2.35. The third kappa shape index (κ3) is 4.03. The Hall–Kier alpha value is -0.840. The molecule has 0 aliphatic rings. The summed E-state index contributed by atoms with van der Waals surface area (Å²) in [6.07, 6.45) is 2.24. The number of halogens is 1. The van der Waals surface area contributed by atoms with Crippen molar-refractivity contribution in [1.29, 1.82) is 0 Å². The summed E-state index contributed by atoms with van der Waals surface area (Å²) in [6, 6.07) is 0. The molecule has 0 saturated carbocycles. The minimum atomic E-state index is -0.226. The molecule has 0 radical (unpaired) electrons. The van der Waals surface area contributed by atoms with Crippen LogP contribution in [0.5, 0.6) is 5.88 Å². The molecular weight excluding hydrogens is 260 g/mol. The molecule has 0 spiro atoms. The van der Waals surface area contributed by atoms with Gasteiger partial charge in [0, 0.05) is 0 Å². The molecule has 0 atom stereocenters. The Morgan fingerprint density at radius 1 is 1.53 bits per heavy atom. The molecule has 0 unspecified atom stereocenters. The van der Waals surface area contributed by atoms with Crippen LogP contribution >= 0.6 is 15.9 Å². The molecule has 1 aromatic heterocycles. The third-order valence-corrected chi connectivity index (χ3v) is 2.55. The highest BCUT2D eigenvalue weighted by atomic mass is 79.9. The normalized spacial score (nSPS) is 11.5. The van der Waals surface area contributed by atoms with E-state index in [1.807, 2.05) is 0 Å². The van der Waals surface area contributed by atoms with Gasteiger partial charge in [0.05, 0.1) is 12.9 Å². The molecule has 84 valence electrons. The van der Waals surface area contributed by atoms with E-state index in [-0.39, 0.29) is 11.0 Å². The molecule has 1 rings (SSSR count). The first kappa shape index (κ1) is 12.2. The highest BCUT2D eigenvalue weighted by molar-refractivity contribution is 9.10. The van der Waals surface area contributed by atoms with E-state index >= 15 is 0 Å². The van der Waals surface area contributed by atoms with Gasteiger partial charge in [0.15, 0.2) is 0 Å². The third-order valence-electron chi connectivity index (χ3n) is 1.86. The summed E-state index contributed by atoms with van der Waals surface area (Å²) in [5.74, 6) is 0.350. The highest BCUT2D eigenvalue weighted by Crippen LogP contribution is 2.20. The van der Waals surface area contributed by atoms with Gasteiger partial charge in [-0.2, -0.15) is 0 Å². The van der Waals surface area contributed by atoms with E-state index in [1.54, 1.807) is 0 Å². The molecule has 0 amide bonds. The van der Waals surface area contributed by atoms with Gasteiger partial charge in [-0.1, -0.05) is 20.8 Å². The van der Waals surface area contributed by atoms with E-state index in [9.17, 15) is 4.79 Å².